The Morgan fingerprint density at radius 3 is 2.55 bits per heavy atom. The van der Waals surface area contributed by atoms with Crippen LogP contribution < -0.4 is 5.32 Å². The zero-order valence-electron chi connectivity index (χ0n) is 12.4. The minimum Gasteiger partial charge on any atom is -0.301 e. The summed E-state index contributed by atoms with van der Waals surface area (Å²) in [6.07, 6.45) is 1.70. The fourth-order valence-corrected chi connectivity index (χ4v) is 3.14. The van der Waals surface area contributed by atoms with Gasteiger partial charge >= 0.3 is 0 Å². The molecule has 2 aromatic rings. The van der Waals surface area contributed by atoms with Gasteiger partial charge in [0, 0.05) is 44.3 Å². The predicted molar refractivity (Wildman–Crippen MR) is 88.9 cm³/mol. The summed E-state index contributed by atoms with van der Waals surface area (Å²) < 4.78 is 0. The number of rotatable bonds is 5. The lowest BCUT2D eigenvalue weighted by Crippen LogP contribution is -2.48. The molecule has 1 N–H and O–H groups in total. The minimum absolute atomic E-state index is 0.0199. The second kappa shape index (κ2) is 7.49. The molecule has 22 heavy (non-hydrogen) atoms. The Kier molecular flexibility index (Phi) is 5.15. The molecule has 0 radical (unpaired) electrons. The van der Waals surface area contributed by atoms with Crippen molar-refractivity contribution < 1.29 is 4.79 Å². The SMILES string of the molecule is O=C(CN1CCN(Cc2ccccc2)CC1)Nc1nccs1. The van der Waals surface area contributed by atoms with Gasteiger partial charge in [0.2, 0.25) is 5.91 Å². The molecule has 1 amide bonds. The van der Waals surface area contributed by atoms with Crippen LogP contribution in [0.2, 0.25) is 0 Å². The van der Waals surface area contributed by atoms with E-state index in [4.69, 9.17) is 0 Å². The molecule has 0 spiro atoms. The lowest BCUT2D eigenvalue weighted by molar-refractivity contribution is -0.117. The summed E-state index contributed by atoms with van der Waals surface area (Å²) in [6, 6.07) is 10.5. The number of nitrogens with one attached hydrogen (secondary N) is 1. The molecule has 0 atom stereocenters. The number of anilines is 1. The van der Waals surface area contributed by atoms with Gasteiger partial charge in [0.15, 0.2) is 5.13 Å². The van der Waals surface area contributed by atoms with Crippen molar-refractivity contribution in [2.45, 2.75) is 6.54 Å². The predicted octanol–water partition coefficient (Wildman–Crippen LogP) is 1.90. The quantitative estimate of drug-likeness (QED) is 0.915. The van der Waals surface area contributed by atoms with Gasteiger partial charge in [-0.25, -0.2) is 4.98 Å². The van der Waals surface area contributed by atoms with E-state index in [-0.39, 0.29) is 5.91 Å². The van der Waals surface area contributed by atoms with Gasteiger partial charge in [-0.3, -0.25) is 14.6 Å². The van der Waals surface area contributed by atoms with E-state index in [0.717, 1.165) is 32.7 Å². The van der Waals surface area contributed by atoms with Crippen molar-refractivity contribution in [3.63, 3.8) is 0 Å². The second-order valence-corrected chi connectivity index (χ2v) is 6.32. The van der Waals surface area contributed by atoms with Crippen LogP contribution in [0.4, 0.5) is 5.13 Å². The molecule has 1 fully saturated rings. The Morgan fingerprint density at radius 1 is 1.14 bits per heavy atom. The number of hydrogen-bond acceptors (Lipinski definition) is 5. The maximum absolute atomic E-state index is 12.0. The summed E-state index contributed by atoms with van der Waals surface area (Å²) in [5.41, 5.74) is 1.34. The molecule has 1 aromatic carbocycles. The van der Waals surface area contributed by atoms with Crippen molar-refractivity contribution in [2.24, 2.45) is 0 Å². The summed E-state index contributed by atoms with van der Waals surface area (Å²) in [4.78, 5) is 20.7. The molecule has 116 valence electrons. The fourth-order valence-electron chi connectivity index (χ4n) is 2.59. The zero-order chi connectivity index (χ0) is 15.2. The van der Waals surface area contributed by atoms with Crippen molar-refractivity contribution in [2.75, 3.05) is 38.0 Å². The highest BCUT2D eigenvalue weighted by Crippen LogP contribution is 2.11. The largest absolute Gasteiger partial charge is 0.301 e. The molecule has 5 nitrogen and oxygen atoms in total. The first-order chi connectivity index (χ1) is 10.8. The van der Waals surface area contributed by atoms with E-state index in [9.17, 15) is 4.79 Å². The first kappa shape index (κ1) is 15.1. The van der Waals surface area contributed by atoms with Crippen LogP contribution in [0, 0.1) is 0 Å². The number of carbonyl (C=O) groups is 1. The van der Waals surface area contributed by atoms with Gasteiger partial charge < -0.3 is 5.32 Å². The molecule has 0 aliphatic carbocycles. The molecule has 6 heteroatoms. The third kappa shape index (κ3) is 4.37. The van der Waals surface area contributed by atoms with Gasteiger partial charge in [-0.1, -0.05) is 30.3 Å². The van der Waals surface area contributed by atoms with Crippen molar-refractivity contribution in [1.29, 1.82) is 0 Å². The van der Waals surface area contributed by atoms with E-state index < -0.39 is 0 Å². The second-order valence-electron chi connectivity index (χ2n) is 5.42. The average molecular weight is 316 g/mol. The number of hydrogen-bond donors (Lipinski definition) is 1. The summed E-state index contributed by atoms with van der Waals surface area (Å²) >= 11 is 1.45. The van der Waals surface area contributed by atoms with Gasteiger partial charge in [0.05, 0.1) is 6.54 Å². The van der Waals surface area contributed by atoms with Crippen molar-refractivity contribution in [3.8, 4) is 0 Å². The molecular formula is C16H20N4OS. The van der Waals surface area contributed by atoms with E-state index >= 15 is 0 Å². The Hall–Kier alpha value is -1.76. The molecule has 2 heterocycles. The van der Waals surface area contributed by atoms with Crippen molar-refractivity contribution in [3.05, 3.63) is 47.5 Å². The first-order valence-corrected chi connectivity index (χ1v) is 8.35. The number of carbonyl (C=O) groups excluding carboxylic acids is 1. The van der Waals surface area contributed by atoms with Crippen LogP contribution in [0.5, 0.6) is 0 Å². The lowest BCUT2D eigenvalue weighted by Gasteiger charge is -2.34. The maximum Gasteiger partial charge on any atom is 0.240 e. The molecule has 3 rings (SSSR count). The van der Waals surface area contributed by atoms with E-state index in [0.29, 0.717) is 11.7 Å². The summed E-state index contributed by atoms with van der Waals surface area (Å²) in [6.45, 7) is 5.29. The molecule has 1 aliphatic rings. The van der Waals surface area contributed by atoms with Gasteiger partial charge in [-0.05, 0) is 5.56 Å². The molecule has 1 saturated heterocycles. The van der Waals surface area contributed by atoms with Crippen LogP contribution in [0.3, 0.4) is 0 Å². The Morgan fingerprint density at radius 2 is 1.86 bits per heavy atom. The number of benzene rings is 1. The monoisotopic (exact) mass is 316 g/mol. The fraction of sp³-hybridized carbons (Fsp3) is 0.375. The van der Waals surface area contributed by atoms with Crippen LogP contribution >= 0.6 is 11.3 Å². The van der Waals surface area contributed by atoms with Crippen LogP contribution in [0.25, 0.3) is 0 Å². The lowest BCUT2D eigenvalue weighted by atomic mass is 10.2. The van der Waals surface area contributed by atoms with Crippen LogP contribution in [0.15, 0.2) is 41.9 Å². The molecule has 1 aliphatic heterocycles. The normalized spacial score (nSPS) is 16.5. The molecule has 1 aromatic heterocycles. The van der Waals surface area contributed by atoms with Crippen molar-refractivity contribution >= 4 is 22.4 Å². The van der Waals surface area contributed by atoms with Crippen LogP contribution in [-0.2, 0) is 11.3 Å². The molecular weight excluding hydrogens is 296 g/mol. The zero-order valence-corrected chi connectivity index (χ0v) is 13.3. The van der Waals surface area contributed by atoms with Crippen LogP contribution in [0.1, 0.15) is 5.56 Å². The highest BCUT2D eigenvalue weighted by Gasteiger charge is 2.19. The van der Waals surface area contributed by atoms with E-state index in [1.54, 1.807) is 6.20 Å². The summed E-state index contributed by atoms with van der Waals surface area (Å²) in [5.74, 6) is 0.0199. The van der Waals surface area contributed by atoms with E-state index in [2.05, 4.69) is 44.4 Å². The number of aromatic nitrogens is 1. The highest BCUT2D eigenvalue weighted by atomic mass is 32.1. The molecule has 0 unspecified atom stereocenters. The Bertz CT molecular complexity index is 579. The smallest absolute Gasteiger partial charge is 0.240 e. The third-order valence-corrected chi connectivity index (χ3v) is 4.45. The molecule has 0 bridgehead atoms. The topological polar surface area (TPSA) is 48.5 Å². The number of amides is 1. The minimum atomic E-state index is 0.0199. The number of piperazine rings is 1. The molecule has 0 saturated carbocycles. The average Bonchev–Trinajstić information content (AvgIpc) is 3.03. The summed E-state index contributed by atoms with van der Waals surface area (Å²) in [7, 11) is 0. The Labute approximate surface area is 134 Å². The van der Waals surface area contributed by atoms with Gasteiger partial charge in [-0.2, -0.15) is 0 Å². The van der Waals surface area contributed by atoms with E-state index in [1.165, 1.54) is 16.9 Å². The van der Waals surface area contributed by atoms with Gasteiger partial charge in [0.1, 0.15) is 0 Å². The summed E-state index contributed by atoms with van der Waals surface area (Å²) in [5, 5.41) is 5.37. The number of thiazole rings is 1. The standard InChI is InChI=1S/C16H20N4OS/c21-15(18-16-17-6-11-22-16)13-20-9-7-19(8-10-20)12-14-4-2-1-3-5-14/h1-6,11H,7-10,12-13H2,(H,17,18,21). The maximum atomic E-state index is 12.0. The van der Waals surface area contributed by atoms with Crippen LogP contribution in [-0.4, -0.2) is 53.4 Å². The Balaban J connectivity index is 1.41. The first-order valence-electron chi connectivity index (χ1n) is 7.47. The van der Waals surface area contributed by atoms with Gasteiger partial charge in [0.25, 0.3) is 0 Å². The highest BCUT2D eigenvalue weighted by molar-refractivity contribution is 7.13. The van der Waals surface area contributed by atoms with Gasteiger partial charge in [-0.15, -0.1) is 11.3 Å². The number of nitrogens with zero attached hydrogens (tertiary/aromatic N) is 3. The third-order valence-electron chi connectivity index (χ3n) is 3.76. The van der Waals surface area contributed by atoms with E-state index in [1.807, 2.05) is 11.4 Å². The van der Waals surface area contributed by atoms with Crippen molar-refractivity contribution in [1.82, 2.24) is 14.8 Å².